The van der Waals surface area contributed by atoms with Gasteiger partial charge < -0.3 is 9.80 Å². The molecule has 170 valence electrons. The van der Waals surface area contributed by atoms with Crippen molar-refractivity contribution in [3.05, 3.63) is 78.8 Å². The third-order valence-electron chi connectivity index (χ3n) is 6.86. The maximum atomic E-state index is 12.1. The third kappa shape index (κ3) is 4.36. The van der Waals surface area contributed by atoms with Gasteiger partial charge in [0.05, 0.1) is 17.2 Å². The van der Waals surface area contributed by atoms with Crippen LogP contribution >= 0.6 is 0 Å². The molecular formula is C28H27N5O. The minimum atomic E-state index is 0.312. The van der Waals surface area contributed by atoms with E-state index >= 15 is 0 Å². The molecule has 0 unspecified atom stereocenters. The molecule has 2 aromatic heterocycles. The molecule has 2 fully saturated rings. The van der Waals surface area contributed by atoms with Gasteiger partial charge in [-0.15, -0.1) is 0 Å². The van der Waals surface area contributed by atoms with Crippen LogP contribution in [0.4, 0.5) is 11.5 Å². The van der Waals surface area contributed by atoms with Gasteiger partial charge in [-0.1, -0.05) is 30.3 Å². The van der Waals surface area contributed by atoms with Crippen LogP contribution in [0.5, 0.6) is 0 Å². The average molecular weight is 450 g/mol. The van der Waals surface area contributed by atoms with Gasteiger partial charge in [0.2, 0.25) is 0 Å². The largest absolute Gasteiger partial charge is 0.368 e. The summed E-state index contributed by atoms with van der Waals surface area (Å²) in [5.74, 6) is 1.61. The molecule has 6 nitrogen and oxygen atoms in total. The smallest absolute Gasteiger partial charge is 0.147 e. The van der Waals surface area contributed by atoms with Gasteiger partial charge >= 0.3 is 0 Å². The third-order valence-corrected chi connectivity index (χ3v) is 6.86. The fourth-order valence-corrected chi connectivity index (χ4v) is 4.65. The number of anilines is 2. The standard InChI is InChI=1S/C28H27N5O/c34-27(22-5-6-22)17-20-1-3-21(4-2-20)23-7-8-25-26(18-23)31-28(19-30-25)33-15-13-32(14-16-33)24-9-11-29-12-10-24/h1-4,7-12,18-19,22H,5-6,13-17H2. The van der Waals surface area contributed by atoms with E-state index in [2.05, 4.69) is 68.3 Å². The van der Waals surface area contributed by atoms with E-state index in [0.29, 0.717) is 18.1 Å². The number of aromatic nitrogens is 3. The van der Waals surface area contributed by atoms with Crippen molar-refractivity contribution in [2.45, 2.75) is 19.3 Å². The molecule has 0 amide bonds. The molecule has 34 heavy (non-hydrogen) atoms. The summed E-state index contributed by atoms with van der Waals surface area (Å²) in [5, 5.41) is 0. The second kappa shape index (κ2) is 8.86. The van der Waals surface area contributed by atoms with Crippen molar-refractivity contribution in [1.82, 2.24) is 15.0 Å². The lowest BCUT2D eigenvalue weighted by Crippen LogP contribution is -2.46. The highest BCUT2D eigenvalue weighted by atomic mass is 16.1. The molecule has 1 aliphatic heterocycles. The predicted molar refractivity (Wildman–Crippen MR) is 135 cm³/mol. The van der Waals surface area contributed by atoms with Gasteiger partial charge in [-0.2, -0.15) is 0 Å². The Bertz CT molecular complexity index is 1310. The van der Waals surface area contributed by atoms with Crippen molar-refractivity contribution >= 4 is 28.3 Å². The topological polar surface area (TPSA) is 62.2 Å². The second-order valence-corrected chi connectivity index (χ2v) is 9.23. The Labute approximate surface area is 199 Å². The van der Waals surface area contributed by atoms with Crippen molar-refractivity contribution in [3.63, 3.8) is 0 Å². The molecule has 0 atom stereocenters. The van der Waals surface area contributed by atoms with Crippen LogP contribution in [0.1, 0.15) is 18.4 Å². The Morgan fingerprint density at radius 2 is 1.53 bits per heavy atom. The first kappa shape index (κ1) is 20.8. The summed E-state index contributed by atoms with van der Waals surface area (Å²) in [6.07, 6.45) is 8.25. The first-order valence-corrected chi connectivity index (χ1v) is 12.0. The molecule has 1 aliphatic carbocycles. The Kier molecular flexibility index (Phi) is 5.41. The number of carbonyl (C=O) groups is 1. The molecule has 1 saturated heterocycles. The zero-order valence-electron chi connectivity index (χ0n) is 19.1. The Hall–Kier alpha value is -3.80. The highest BCUT2D eigenvalue weighted by molar-refractivity contribution is 5.86. The van der Waals surface area contributed by atoms with E-state index in [4.69, 9.17) is 4.98 Å². The fourth-order valence-electron chi connectivity index (χ4n) is 4.65. The van der Waals surface area contributed by atoms with E-state index in [1.54, 1.807) is 0 Å². The minimum Gasteiger partial charge on any atom is -0.368 e. The fraction of sp³-hybridized carbons (Fsp3) is 0.286. The number of pyridine rings is 1. The van der Waals surface area contributed by atoms with E-state index in [9.17, 15) is 4.79 Å². The molecular weight excluding hydrogens is 422 g/mol. The van der Waals surface area contributed by atoms with Gasteiger partial charge in [0.25, 0.3) is 0 Å². The Morgan fingerprint density at radius 3 is 2.26 bits per heavy atom. The number of hydrogen-bond donors (Lipinski definition) is 0. The number of ketones is 1. The Balaban J connectivity index is 1.18. The molecule has 4 aromatic rings. The molecule has 0 spiro atoms. The number of hydrogen-bond acceptors (Lipinski definition) is 6. The molecule has 0 bridgehead atoms. The summed E-state index contributed by atoms with van der Waals surface area (Å²) in [4.78, 5) is 30.5. The SMILES string of the molecule is O=C(Cc1ccc(-c2ccc3ncc(N4CCN(c5ccncc5)CC4)nc3c2)cc1)C1CC1. The summed E-state index contributed by atoms with van der Waals surface area (Å²) in [6, 6.07) is 18.7. The molecule has 2 aromatic carbocycles. The normalized spacial score (nSPS) is 16.1. The zero-order valence-corrected chi connectivity index (χ0v) is 19.1. The van der Waals surface area contributed by atoms with E-state index in [-0.39, 0.29) is 0 Å². The quantitative estimate of drug-likeness (QED) is 0.431. The summed E-state index contributed by atoms with van der Waals surface area (Å²) in [5.41, 5.74) is 6.35. The van der Waals surface area contributed by atoms with Crippen LogP contribution in [0.3, 0.4) is 0 Å². The predicted octanol–water partition coefficient (Wildman–Crippen LogP) is 4.54. The second-order valence-electron chi connectivity index (χ2n) is 9.23. The van der Waals surface area contributed by atoms with E-state index in [1.165, 1.54) is 5.69 Å². The van der Waals surface area contributed by atoms with E-state index < -0.39 is 0 Å². The molecule has 0 radical (unpaired) electrons. The molecule has 6 rings (SSSR count). The summed E-state index contributed by atoms with van der Waals surface area (Å²) in [6.45, 7) is 3.70. The van der Waals surface area contributed by atoms with Crippen molar-refractivity contribution in [1.29, 1.82) is 0 Å². The van der Waals surface area contributed by atoms with Crippen molar-refractivity contribution in [2.24, 2.45) is 5.92 Å². The summed E-state index contributed by atoms with van der Waals surface area (Å²) >= 11 is 0. The van der Waals surface area contributed by atoms with Crippen LogP contribution in [-0.4, -0.2) is 46.9 Å². The summed E-state index contributed by atoms with van der Waals surface area (Å²) in [7, 11) is 0. The number of piperazine rings is 1. The van der Waals surface area contributed by atoms with Gasteiger partial charge in [0.1, 0.15) is 11.6 Å². The van der Waals surface area contributed by atoms with Gasteiger partial charge in [-0.3, -0.25) is 14.8 Å². The number of benzene rings is 2. The highest BCUT2D eigenvalue weighted by Crippen LogP contribution is 2.31. The van der Waals surface area contributed by atoms with Gasteiger partial charge in [-0.05, 0) is 53.8 Å². The van der Waals surface area contributed by atoms with Gasteiger partial charge in [0, 0.05) is 56.6 Å². The van der Waals surface area contributed by atoms with Crippen LogP contribution < -0.4 is 9.80 Å². The first-order valence-electron chi connectivity index (χ1n) is 12.0. The number of carbonyl (C=O) groups excluding carboxylic acids is 1. The highest BCUT2D eigenvalue weighted by Gasteiger charge is 2.29. The number of fused-ring (bicyclic) bond motifs is 1. The lowest BCUT2D eigenvalue weighted by atomic mass is 10.0. The van der Waals surface area contributed by atoms with E-state index in [1.807, 2.05) is 24.7 Å². The zero-order chi connectivity index (χ0) is 22.9. The maximum absolute atomic E-state index is 12.1. The lowest BCUT2D eigenvalue weighted by molar-refractivity contribution is -0.119. The van der Waals surface area contributed by atoms with Gasteiger partial charge in [0.15, 0.2) is 0 Å². The van der Waals surface area contributed by atoms with Crippen LogP contribution in [0.2, 0.25) is 0 Å². The summed E-state index contributed by atoms with van der Waals surface area (Å²) < 4.78 is 0. The average Bonchev–Trinajstić information content (AvgIpc) is 3.75. The molecule has 6 heteroatoms. The van der Waals surface area contributed by atoms with Crippen molar-refractivity contribution < 1.29 is 4.79 Å². The number of rotatable bonds is 6. The van der Waals surface area contributed by atoms with Crippen LogP contribution in [-0.2, 0) is 11.2 Å². The van der Waals surface area contributed by atoms with Crippen molar-refractivity contribution in [3.8, 4) is 11.1 Å². The van der Waals surface area contributed by atoms with Crippen molar-refractivity contribution in [2.75, 3.05) is 36.0 Å². The monoisotopic (exact) mass is 449 g/mol. The lowest BCUT2D eigenvalue weighted by Gasteiger charge is -2.36. The number of nitrogens with zero attached hydrogens (tertiary/aromatic N) is 5. The molecule has 0 N–H and O–H groups in total. The van der Waals surface area contributed by atoms with E-state index in [0.717, 1.165) is 72.6 Å². The van der Waals surface area contributed by atoms with Crippen LogP contribution in [0, 0.1) is 5.92 Å². The van der Waals surface area contributed by atoms with Crippen LogP contribution in [0.25, 0.3) is 22.2 Å². The first-order chi connectivity index (χ1) is 16.7. The molecule has 1 saturated carbocycles. The Morgan fingerprint density at radius 1 is 0.824 bits per heavy atom. The number of Topliss-reactive ketones (excluding diaryl/α,β-unsaturated/α-hetero) is 1. The van der Waals surface area contributed by atoms with Crippen LogP contribution in [0.15, 0.2) is 73.2 Å². The van der Waals surface area contributed by atoms with Gasteiger partial charge in [-0.25, -0.2) is 4.98 Å². The maximum Gasteiger partial charge on any atom is 0.147 e. The minimum absolute atomic E-state index is 0.312. The molecule has 2 aliphatic rings. The molecule has 3 heterocycles.